The van der Waals surface area contributed by atoms with Crippen molar-refractivity contribution < 1.29 is 18.8 Å². The summed E-state index contributed by atoms with van der Waals surface area (Å²) in [5.41, 5.74) is 6.47. The largest absolute Gasteiger partial charge is 0.442 e. The lowest BCUT2D eigenvalue weighted by atomic mass is 10.2. The minimum Gasteiger partial charge on any atom is -0.442 e. The highest BCUT2D eigenvalue weighted by Gasteiger charge is 2.19. The molecule has 0 radical (unpaired) electrons. The highest BCUT2D eigenvalue weighted by molar-refractivity contribution is 9.10. The van der Waals surface area contributed by atoms with Crippen molar-refractivity contribution in [3.8, 4) is 11.3 Å². The molecule has 0 aliphatic rings. The molecular formula is C16H9BrClN3O4S. The molecule has 132 valence electrons. The Balaban J connectivity index is 1.83. The summed E-state index contributed by atoms with van der Waals surface area (Å²) in [7, 11) is 0. The van der Waals surface area contributed by atoms with Crippen LogP contribution in [0.1, 0.15) is 15.6 Å². The molecule has 0 spiro atoms. The molecule has 1 amide bonds. The Morgan fingerprint density at radius 3 is 2.58 bits per heavy atom. The van der Waals surface area contributed by atoms with E-state index in [0.717, 1.165) is 16.9 Å². The predicted octanol–water partition coefficient (Wildman–Crippen LogP) is 3.87. The van der Waals surface area contributed by atoms with Gasteiger partial charge in [-0.1, -0.05) is 28.9 Å². The fraction of sp³-hybridized carbons (Fsp3) is 0. The summed E-state index contributed by atoms with van der Waals surface area (Å²) in [6, 6.07) is 9.95. The molecule has 0 saturated carbocycles. The topological polar surface area (TPSA) is 108 Å². The van der Waals surface area contributed by atoms with Gasteiger partial charge in [-0.3, -0.25) is 4.79 Å². The van der Waals surface area contributed by atoms with Gasteiger partial charge in [-0.15, -0.1) is 11.3 Å². The quantitative estimate of drug-likeness (QED) is 0.358. The SMILES string of the molecule is NC(=O)C(=NOC(=O)c1ccc(Br)o1)c1nc(-c2ccc(Cl)cc2)cs1. The van der Waals surface area contributed by atoms with Gasteiger partial charge >= 0.3 is 5.97 Å². The number of aromatic nitrogens is 1. The van der Waals surface area contributed by atoms with E-state index in [1.807, 2.05) is 0 Å². The number of furan rings is 1. The summed E-state index contributed by atoms with van der Waals surface area (Å²) < 4.78 is 5.41. The van der Waals surface area contributed by atoms with Gasteiger partial charge in [-0.05, 0) is 40.2 Å². The number of nitrogens with two attached hydrogens (primary N) is 1. The maximum absolute atomic E-state index is 11.8. The van der Waals surface area contributed by atoms with E-state index >= 15 is 0 Å². The second-order valence-electron chi connectivity index (χ2n) is 4.83. The first-order valence-corrected chi connectivity index (χ1v) is 9.05. The van der Waals surface area contributed by atoms with Crippen LogP contribution >= 0.6 is 38.9 Å². The molecule has 2 aromatic heterocycles. The number of carbonyl (C=O) groups is 2. The molecule has 10 heteroatoms. The number of rotatable bonds is 5. The number of hydrogen-bond donors (Lipinski definition) is 1. The molecule has 1 aromatic carbocycles. The molecule has 0 aliphatic heterocycles. The Bertz CT molecular complexity index is 997. The van der Waals surface area contributed by atoms with Crippen molar-refractivity contribution >= 4 is 56.5 Å². The molecule has 3 aromatic rings. The van der Waals surface area contributed by atoms with Crippen LogP contribution in [0.2, 0.25) is 5.02 Å². The van der Waals surface area contributed by atoms with Crippen molar-refractivity contribution in [3.05, 3.63) is 62.2 Å². The maximum atomic E-state index is 11.8. The number of halogens is 2. The molecule has 3 rings (SSSR count). The summed E-state index contributed by atoms with van der Waals surface area (Å²) in [5, 5.41) is 6.08. The summed E-state index contributed by atoms with van der Waals surface area (Å²) in [5.74, 6) is -1.83. The van der Waals surface area contributed by atoms with Gasteiger partial charge in [-0.2, -0.15) is 0 Å². The van der Waals surface area contributed by atoms with Crippen LogP contribution < -0.4 is 5.73 Å². The second-order valence-corrected chi connectivity index (χ2v) is 6.91. The molecule has 7 nitrogen and oxygen atoms in total. The van der Waals surface area contributed by atoms with Crippen molar-refractivity contribution in [1.29, 1.82) is 0 Å². The molecule has 26 heavy (non-hydrogen) atoms. The summed E-state index contributed by atoms with van der Waals surface area (Å²) in [6.45, 7) is 0. The molecule has 2 N–H and O–H groups in total. The molecule has 0 aliphatic carbocycles. The predicted molar refractivity (Wildman–Crippen MR) is 100 cm³/mol. The molecule has 2 heterocycles. The van der Waals surface area contributed by atoms with E-state index in [9.17, 15) is 9.59 Å². The van der Waals surface area contributed by atoms with Crippen LogP contribution in [0.3, 0.4) is 0 Å². The van der Waals surface area contributed by atoms with Crippen LogP contribution in [-0.2, 0) is 9.63 Å². The molecule has 0 bridgehead atoms. The van der Waals surface area contributed by atoms with Crippen LogP contribution in [0.5, 0.6) is 0 Å². The van der Waals surface area contributed by atoms with Gasteiger partial charge in [0.15, 0.2) is 9.68 Å². The minimum absolute atomic E-state index is 0.0783. The van der Waals surface area contributed by atoms with Crippen LogP contribution in [0.25, 0.3) is 11.3 Å². The molecule has 0 saturated heterocycles. The smallest absolute Gasteiger partial charge is 0.400 e. The van der Waals surface area contributed by atoms with Crippen molar-refractivity contribution in [2.24, 2.45) is 10.9 Å². The normalized spacial score (nSPS) is 11.4. The van der Waals surface area contributed by atoms with E-state index in [1.165, 1.54) is 12.1 Å². The highest BCUT2D eigenvalue weighted by atomic mass is 79.9. The van der Waals surface area contributed by atoms with E-state index in [2.05, 4.69) is 26.1 Å². The number of benzene rings is 1. The van der Waals surface area contributed by atoms with Crippen LogP contribution in [0.4, 0.5) is 0 Å². The van der Waals surface area contributed by atoms with E-state index in [-0.39, 0.29) is 16.5 Å². The van der Waals surface area contributed by atoms with Gasteiger partial charge in [0.25, 0.3) is 5.91 Å². The number of thiazole rings is 1. The third-order valence-corrected chi connectivity index (χ3v) is 4.60. The first kappa shape index (κ1) is 18.3. The number of amides is 1. The van der Waals surface area contributed by atoms with E-state index in [4.69, 9.17) is 26.6 Å². The zero-order valence-corrected chi connectivity index (χ0v) is 16.0. The number of hydrogen-bond acceptors (Lipinski definition) is 7. The Morgan fingerprint density at radius 2 is 1.96 bits per heavy atom. The molecule has 0 fully saturated rings. The van der Waals surface area contributed by atoms with Gasteiger partial charge < -0.3 is 15.0 Å². The van der Waals surface area contributed by atoms with E-state index in [0.29, 0.717) is 15.4 Å². The lowest BCUT2D eigenvalue weighted by Gasteiger charge is -1.99. The van der Waals surface area contributed by atoms with Crippen molar-refractivity contribution in [2.45, 2.75) is 0 Å². The van der Waals surface area contributed by atoms with Crippen LogP contribution in [-0.4, -0.2) is 22.6 Å². The lowest BCUT2D eigenvalue weighted by molar-refractivity contribution is -0.112. The monoisotopic (exact) mass is 453 g/mol. The summed E-state index contributed by atoms with van der Waals surface area (Å²) >= 11 is 10.1. The second kappa shape index (κ2) is 7.81. The number of oxime groups is 1. The number of carbonyl (C=O) groups excluding carboxylic acids is 2. The Labute approximate surface area is 164 Å². The van der Waals surface area contributed by atoms with Crippen molar-refractivity contribution in [2.75, 3.05) is 0 Å². The zero-order chi connectivity index (χ0) is 18.7. The number of nitrogens with zero attached hydrogens (tertiary/aromatic N) is 2. The highest BCUT2D eigenvalue weighted by Crippen LogP contribution is 2.24. The van der Waals surface area contributed by atoms with Gasteiger partial charge in [0.1, 0.15) is 0 Å². The zero-order valence-electron chi connectivity index (χ0n) is 12.8. The van der Waals surface area contributed by atoms with Gasteiger partial charge in [0, 0.05) is 16.0 Å². The van der Waals surface area contributed by atoms with Crippen molar-refractivity contribution in [3.63, 3.8) is 0 Å². The Morgan fingerprint density at radius 1 is 1.23 bits per heavy atom. The van der Waals surface area contributed by atoms with Crippen molar-refractivity contribution in [1.82, 2.24) is 4.98 Å². The average molecular weight is 455 g/mol. The molecular weight excluding hydrogens is 446 g/mol. The average Bonchev–Trinajstić information content (AvgIpc) is 3.25. The summed E-state index contributed by atoms with van der Waals surface area (Å²) in [4.78, 5) is 32.6. The number of primary amides is 1. The Kier molecular flexibility index (Phi) is 5.50. The fourth-order valence-electron chi connectivity index (χ4n) is 1.88. The van der Waals surface area contributed by atoms with Crippen LogP contribution in [0, 0.1) is 0 Å². The lowest BCUT2D eigenvalue weighted by Crippen LogP contribution is -2.25. The standard InChI is InChI=1S/C16H9BrClN3O4S/c17-12-6-5-11(24-12)16(23)25-21-13(14(19)22)15-20-10(7-26-15)8-1-3-9(18)4-2-8/h1-7H,(H2,19,22). The van der Waals surface area contributed by atoms with Gasteiger partial charge in [0.2, 0.25) is 11.5 Å². The first-order valence-electron chi connectivity index (χ1n) is 7.00. The fourth-order valence-corrected chi connectivity index (χ4v) is 3.13. The third-order valence-electron chi connectivity index (χ3n) is 3.07. The van der Waals surface area contributed by atoms with Gasteiger partial charge in [-0.25, -0.2) is 9.78 Å². The third kappa shape index (κ3) is 4.18. The Hall–Kier alpha value is -2.49. The van der Waals surface area contributed by atoms with E-state index in [1.54, 1.807) is 29.6 Å². The van der Waals surface area contributed by atoms with E-state index < -0.39 is 11.9 Å². The van der Waals surface area contributed by atoms with Crippen LogP contribution in [0.15, 0.2) is 56.0 Å². The van der Waals surface area contributed by atoms with Gasteiger partial charge in [0.05, 0.1) is 5.69 Å². The maximum Gasteiger partial charge on any atom is 0.400 e. The minimum atomic E-state index is -0.879. The summed E-state index contributed by atoms with van der Waals surface area (Å²) in [6.07, 6.45) is 0. The molecule has 0 unspecified atom stereocenters. The molecule has 0 atom stereocenters. The first-order chi connectivity index (χ1) is 12.4.